The topological polar surface area (TPSA) is 100 Å². The maximum atomic E-state index is 12.5. The molecule has 0 amide bonds. The lowest BCUT2D eigenvalue weighted by atomic mass is 10.1. The third-order valence-corrected chi connectivity index (χ3v) is 5.79. The van der Waals surface area contributed by atoms with Gasteiger partial charge in [-0.2, -0.15) is 0 Å². The summed E-state index contributed by atoms with van der Waals surface area (Å²) in [5.74, 6) is 0.179. The predicted molar refractivity (Wildman–Crippen MR) is 135 cm³/mol. The van der Waals surface area contributed by atoms with E-state index in [1.807, 2.05) is 24.3 Å². The van der Waals surface area contributed by atoms with Gasteiger partial charge in [0.05, 0.1) is 12.0 Å². The van der Waals surface area contributed by atoms with Crippen LogP contribution >= 0.6 is 34.2 Å². The van der Waals surface area contributed by atoms with Crippen molar-refractivity contribution in [1.82, 2.24) is 0 Å². The first kappa shape index (κ1) is 23.7. The molecule has 0 atom stereocenters. The fourth-order valence-corrected chi connectivity index (χ4v) is 4.00. The molecule has 1 heterocycles. The molecule has 1 aliphatic rings. The Morgan fingerprint density at radius 3 is 2.71 bits per heavy atom. The first-order chi connectivity index (χ1) is 16.4. The van der Waals surface area contributed by atoms with Gasteiger partial charge in [0.1, 0.15) is 11.6 Å². The third-order valence-electron chi connectivity index (χ3n) is 4.80. The van der Waals surface area contributed by atoms with Crippen molar-refractivity contribution in [2.24, 2.45) is 4.99 Å². The highest BCUT2D eigenvalue weighted by Gasteiger charge is 2.27. The number of rotatable bonds is 7. The number of carbonyl (C=O) groups excluding carboxylic acids is 1. The van der Waals surface area contributed by atoms with Crippen molar-refractivity contribution in [2.45, 2.75) is 6.61 Å². The van der Waals surface area contributed by atoms with E-state index in [0.29, 0.717) is 23.7 Å². The summed E-state index contributed by atoms with van der Waals surface area (Å²) in [6, 6.07) is 17.2. The van der Waals surface area contributed by atoms with E-state index in [2.05, 4.69) is 27.6 Å². The fraction of sp³-hybridized carbons (Fsp3) is 0.0833. The highest BCUT2D eigenvalue weighted by molar-refractivity contribution is 14.1. The van der Waals surface area contributed by atoms with E-state index in [4.69, 9.17) is 25.8 Å². The number of halogens is 2. The molecule has 0 fully saturated rings. The molecule has 8 nitrogen and oxygen atoms in total. The molecule has 34 heavy (non-hydrogen) atoms. The van der Waals surface area contributed by atoms with Crippen LogP contribution in [0, 0.1) is 13.7 Å². The maximum absolute atomic E-state index is 12.5. The number of hydrogen-bond acceptors (Lipinski definition) is 7. The molecular weight excluding hydrogens is 575 g/mol. The van der Waals surface area contributed by atoms with Gasteiger partial charge in [0.15, 0.2) is 17.2 Å². The molecule has 1 aliphatic heterocycles. The van der Waals surface area contributed by atoms with E-state index in [1.54, 1.807) is 18.2 Å². The summed E-state index contributed by atoms with van der Waals surface area (Å²) in [6.45, 7) is 0.292. The normalized spacial score (nSPS) is 14.0. The lowest BCUT2D eigenvalue weighted by Gasteiger charge is -2.13. The van der Waals surface area contributed by atoms with Gasteiger partial charge in [0.25, 0.3) is 5.69 Å². The standard InChI is InChI=1S/C24H16ClIN2O6/c1-32-21-7-3-5-15(22(21)33-13-14-4-2-6-17(26)10-14)11-19-24(29)34-23(27-19)16-8-9-18(25)20(12-16)28(30)31/h2-12H,13H2,1H3/b19-11-. The Morgan fingerprint density at radius 2 is 1.97 bits per heavy atom. The number of carbonyl (C=O) groups is 1. The maximum Gasteiger partial charge on any atom is 0.363 e. The second-order valence-electron chi connectivity index (χ2n) is 7.06. The van der Waals surface area contributed by atoms with Crippen molar-refractivity contribution in [1.29, 1.82) is 0 Å². The molecular formula is C24H16ClIN2O6. The van der Waals surface area contributed by atoms with Crippen LogP contribution in [0.2, 0.25) is 5.02 Å². The number of nitrogens with zero attached hydrogens (tertiary/aromatic N) is 2. The summed E-state index contributed by atoms with van der Waals surface area (Å²) < 4.78 is 17.8. The minimum Gasteiger partial charge on any atom is -0.493 e. The first-order valence-corrected chi connectivity index (χ1v) is 11.3. The average molecular weight is 591 g/mol. The molecule has 0 aromatic heterocycles. The second kappa shape index (κ2) is 10.2. The number of ether oxygens (including phenoxy) is 3. The summed E-state index contributed by atoms with van der Waals surface area (Å²) in [4.78, 5) is 27.3. The van der Waals surface area contributed by atoms with Crippen LogP contribution in [0.3, 0.4) is 0 Å². The van der Waals surface area contributed by atoms with Crippen LogP contribution in [0.25, 0.3) is 6.08 Å². The number of methoxy groups -OCH3 is 1. The lowest BCUT2D eigenvalue weighted by molar-refractivity contribution is -0.384. The molecule has 4 rings (SSSR count). The van der Waals surface area contributed by atoms with Gasteiger partial charge < -0.3 is 14.2 Å². The molecule has 0 N–H and O–H groups in total. The number of nitro benzene ring substituents is 1. The summed E-state index contributed by atoms with van der Waals surface area (Å²) in [6.07, 6.45) is 1.52. The smallest absolute Gasteiger partial charge is 0.363 e. The number of benzene rings is 3. The SMILES string of the molecule is COc1cccc(/C=C2\N=C(c3ccc(Cl)c([N+](=O)[O-])c3)OC2=O)c1OCc1cccc(I)c1. The predicted octanol–water partition coefficient (Wildman–Crippen LogP) is 5.78. The van der Waals surface area contributed by atoms with E-state index >= 15 is 0 Å². The highest BCUT2D eigenvalue weighted by atomic mass is 127. The number of esters is 1. The van der Waals surface area contributed by atoms with Crippen molar-refractivity contribution >= 4 is 57.8 Å². The molecule has 0 spiro atoms. The molecule has 3 aromatic rings. The Labute approximate surface area is 213 Å². The molecule has 0 bridgehead atoms. The van der Waals surface area contributed by atoms with Gasteiger partial charge in [0, 0.05) is 20.8 Å². The molecule has 10 heteroatoms. The minimum atomic E-state index is -0.695. The van der Waals surface area contributed by atoms with Gasteiger partial charge in [-0.15, -0.1) is 0 Å². The number of para-hydroxylation sites is 1. The zero-order valence-electron chi connectivity index (χ0n) is 17.7. The minimum absolute atomic E-state index is 0.0139. The highest BCUT2D eigenvalue weighted by Crippen LogP contribution is 2.34. The number of hydrogen-bond donors (Lipinski definition) is 0. The van der Waals surface area contributed by atoms with Crippen LogP contribution in [-0.2, 0) is 16.1 Å². The van der Waals surface area contributed by atoms with Crippen molar-refractivity contribution in [3.8, 4) is 11.5 Å². The number of aliphatic imine (C=N–C) groups is 1. The Bertz CT molecular complexity index is 1360. The van der Waals surface area contributed by atoms with Crippen molar-refractivity contribution in [3.05, 3.63) is 102 Å². The zero-order chi connectivity index (χ0) is 24.2. The molecule has 0 unspecified atom stereocenters. The fourth-order valence-electron chi connectivity index (χ4n) is 3.21. The largest absolute Gasteiger partial charge is 0.493 e. The third kappa shape index (κ3) is 5.20. The lowest BCUT2D eigenvalue weighted by Crippen LogP contribution is -2.06. The summed E-state index contributed by atoms with van der Waals surface area (Å²) in [5, 5.41) is 11.1. The van der Waals surface area contributed by atoms with E-state index in [-0.39, 0.29) is 27.9 Å². The molecule has 0 saturated heterocycles. The number of nitro groups is 1. The van der Waals surface area contributed by atoms with Gasteiger partial charge in [-0.3, -0.25) is 10.1 Å². The van der Waals surface area contributed by atoms with E-state index < -0.39 is 10.9 Å². The van der Waals surface area contributed by atoms with Crippen LogP contribution in [0.4, 0.5) is 5.69 Å². The summed E-state index contributed by atoms with van der Waals surface area (Å²) >= 11 is 8.09. The van der Waals surface area contributed by atoms with Gasteiger partial charge in [-0.05, 0) is 64.6 Å². The Hall–Kier alpha value is -3.44. The van der Waals surface area contributed by atoms with Crippen LogP contribution in [0.1, 0.15) is 16.7 Å². The Morgan fingerprint density at radius 1 is 1.18 bits per heavy atom. The van der Waals surface area contributed by atoms with E-state index in [1.165, 1.54) is 31.4 Å². The van der Waals surface area contributed by atoms with Gasteiger partial charge >= 0.3 is 5.97 Å². The van der Waals surface area contributed by atoms with Crippen LogP contribution in [0.5, 0.6) is 11.5 Å². The van der Waals surface area contributed by atoms with Crippen molar-refractivity contribution in [3.63, 3.8) is 0 Å². The monoisotopic (exact) mass is 590 g/mol. The van der Waals surface area contributed by atoms with Crippen LogP contribution in [0.15, 0.2) is 71.4 Å². The Balaban J connectivity index is 1.67. The van der Waals surface area contributed by atoms with E-state index in [0.717, 1.165) is 9.13 Å². The average Bonchev–Trinajstić information content (AvgIpc) is 3.18. The quantitative estimate of drug-likeness (QED) is 0.114. The zero-order valence-corrected chi connectivity index (χ0v) is 20.6. The van der Waals surface area contributed by atoms with E-state index in [9.17, 15) is 14.9 Å². The van der Waals surface area contributed by atoms with Crippen LogP contribution < -0.4 is 9.47 Å². The molecule has 0 saturated carbocycles. The van der Waals surface area contributed by atoms with Gasteiger partial charge in [-0.25, -0.2) is 9.79 Å². The molecule has 0 radical (unpaired) electrons. The number of cyclic esters (lactones) is 1. The van der Waals surface area contributed by atoms with Gasteiger partial charge in [0.2, 0.25) is 5.90 Å². The second-order valence-corrected chi connectivity index (χ2v) is 8.71. The molecule has 0 aliphatic carbocycles. The summed E-state index contributed by atoms with van der Waals surface area (Å²) in [5.41, 5.74) is 1.49. The first-order valence-electron chi connectivity index (χ1n) is 9.87. The molecule has 3 aromatic carbocycles. The van der Waals surface area contributed by atoms with Crippen molar-refractivity contribution < 1.29 is 23.9 Å². The van der Waals surface area contributed by atoms with Crippen molar-refractivity contribution in [2.75, 3.05) is 7.11 Å². The molecule has 172 valence electrons. The Kier molecular flexibility index (Phi) is 7.13. The van der Waals surface area contributed by atoms with Crippen LogP contribution in [-0.4, -0.2) is 23.9 Å². The van der Waals surface area contributed by atoms with Gasteiger partial charge in [-0.1, -0.05) is 35.9 Å². The summed E-state index contributed by atoms with van der Waals surface area (Å²) in [7, 11) is 1.53.